The third-order valence-corrected chi connectivity index (χ3v) is 2.77. The summed E-state index contributed by atoms with van der Waals surface area (Å²) in [6.45, 7) is 7.56. The minimum atomic E-state index is -0.438. The molecule has 19 heavy (non-hydrogen) atoms. The van der Waals surface area contributed by atoms with E-state index in [0.717, 1.165) is 16.8 Å². The molecule has 1 aromatic carbocycles. The molecule has 1 amide bonds. The minimum absolute atomic E-state index is 0.0294. The first kappa shape index (κ1) is 13.3. The van der Waals surface area contributed by atoms with Crippen LogP contribution < -0.4 is 5.32 Å². The molecule has 1 heterocycles. The summed E-state index contributed by atoms with van der Waals surface area (Å²) in [5, 5.41) is 10.4. The maximum Gasteiger partial charge on any atom is 0.247 e. The number of aryl methyl sites for hydroxylation is 1. The largest absolute Gasteiger partial charge is 0.423 e. The van der Waals surface area contributed by atoms with Gasteiger partial charge in [-0.15, -0.1) is 10.2 Å². The second kappa shape index (κ2) is 4.84. The zero-order valence-electron chi connectivity index (χ0n) is 11.5. The molecule has 5 nitrogen and oxygen atoms in total. The summed E-state index contributed by atoms with van der Waals surface area (Å²) < 4.78 is 5.15. The van der Waals surface area contributed by atoms with Gasteiger partial charge in [-0.1, -0.05) is 26.8 Å². The molecular weight excluding hydrogens is 242 g/mol. The summed E-state index contributed by atoms with van der Waals surface area (Å²) in [5.74, 6) is 0.407. The lowest BCUT2D eigenvalue weighted by molar-refractivity contribution is -0.123. The molecule has 0 atom stereocenters. The predicted molar refractivity (Wildman–Crippen MR) is 72.6 cm³/mol. The normalized spacial score (nSPS) is 11.4. The zero-order chi connectivity index (χ0) is 14.0. The highest BCUT2D eigenvalue weighted by Crippen LogP contribution is 2.25. The van der Waals surface area contributed by atoms with Gasteiger partial charge in [-0.05, 0) is 24.6 Å². The maximum absolute atomic E-state index is 12.0. The molecule has 0 unspecified atom stereocenters. The van der Waals surface area contributed by atoms with E-state index in [1.165, 1.54) is 6.39 Å². The van der Waals surface area contributed by atoms with E-state index in [2.05, 4.69) is 15.5 Å². The number of benzene rings is 1. The zero-order valence-corrected chi connectivity index (χ0v) is 11.5. The van der Waals surface area contributed by atoms with Gasteiger partial charge >= 0.3 is 0 Å². The van der Waals surface area contributed by atoms with Gasteiger partial charge in [0.2, 0.25) is 18.2 Å². The van der Waals surface area contributed by atoms with Crippen LogP contribution in [0.25, 0.3) is 11.5 Å². The number of amides is 1. The average Bonchev–Trinajstić information content (AvgIpc) is 2.84. The Morgan fingerprint density at radius 2 is 2.05 bits per heavy atom. The van der Waals surface area contributed by atoms with Gasteiger partial charge < -0.3 is 9.73 Å². The van der Waals surface area contributed by atoms with Gasteiger partial charge in [0, 0.05) is 16.7 Å². The van der Waals surface area contributed by atoms with Crippen molar-refractivity contribution in [1.82, 2.24) is 10.2 Å². The van der Waals surface area contributed by atoms with Gasteiger partial charge in [0.15, 0.2) is 0 Å². The van der Waals surface area contributed by atoms with Crippen LogP contribution in [0.4, 0.5) is 5.69 Å². The van der Waals surface area contributed by atoms with E-state index in [-0.39, 0.29) is 5.91 Å². The third kappa shape index (κ3) is 2.99. The second-order valence-electron chi connectivity index (χ2n) is 5.48. The van der Waals surface area contributed by atoms with Crippen molar-refractivity contribution < 1.29 is 9.21 Å². The summed E-state index contributed by atoms with van der Waals surface area (Å²) in [7, 11) is 0. The number of nitrogens with zero attached hydrogens (tertiary/aromatic N) is 2. The lowest BCUT2D eigenvalue weighted by Gasteiger charge is -2.19. The maximum atomic E-state index is 12.0. The van der Waals surface area contributed by atoms with E-state index >= 15 is 0 Å². The molecule has 0 spiro atoms. The van der Waals surface area contributed by atoms with Crippen LogP contribution in [0, 0.1) is 12.3 Å². The van der Waals surface area contributed by atoms with Crippen molar-refractivity contribution in [2.24, 2.45) is 5.41 Å². The number of carbonyl (C=O) groups is 1. The van der Waals surface area contributed by atoms with E-state index < -0.39 is 5.41 Å². The topological polar surface area (TPSA) is 68.0 Å². The summed E-state index contributed by atoms with van der Waals surface area (Å²) in [6, 6.07) is 5.64. The first-order valence-corrected chi connectivity index (χ1v) is 6.06. The molecule has 0 saturated carbocycles. The van der Waals surface area contributed by atoms with Crippen molar-refractivity contribution in [2.75, 3.05) is 5.32 Å². The van der Waals surface area contributed by atoms with Gasteiger partial charge in [0.05, 0.1) is 0 Å². The van der Waals surface area contributed by atoms with Crippen molar-refractivity contribution in [1.29, 1.82) is 0 Å². The van der Waals surface area contributed by atoms with Crippen LogP contribution >= 0.6 is 0 Å². The van der Waals surface area contributed by atoms with Gasteiger partial charge in [0.1, 0.15) is 0 Å². The molecule has 0 bridgehead atoms. The monoisotopic (exact) mass is 259 g/mol. The molecule has 0 saturated heterocycles. The fourth-order valence-corrected chi connectivity index (χ4v) is 1.50. The Hall–Kier alpha value is -2.17. The smallest absolute Gasteiger partial charge is 0.247 e. The fourth-order valence-electron chi connectivity index (χ4n) is 1.50. The van der Waals surface area contributed by atoms with Crippen LogP contribution in [0.2, 0.25) is 0 Å². The van der Waals surface area contributed by atoms with Gasteiger partial charge in [0.25, 0.3) is 0 Å². The summed E-state index contributed by atoms with van der Waals surface area (Å²) >= 11 is 0. The van der Waals surface area contributed by atoms with E-state index in [1.54, 1.807) is 0 Å². The Balaban J connectivity index is 2.31. The Morgan fingerprint density at radius 1 is 1.32 bits per heavy atom. The molecule has 5 heteroatoms. The van der Waals surface area contributed by atoms with Gasteiger partial charge in [-0.25, -0.2) is 0 Å². The highest BCUT2D eigenvalue weighted by Gasteiger charge is 2.22. The molecule has 2 aromatic rings. The quantitative estimate of drug-likeness (QED) is 0.900. The highest BCUT2D eigenvalue weighted by atomic mass is 16.4. The van der Waals surface area contributed by atoms with Crippen molar-refractivity contribution in [2.45, 2.75) is 27.7 Å². The van der Waals surface area contributed by atoms with Crippen molar-refractivity contribution >= 4 is 11.6 Å². The van der Waals surface area contributed by atoms with E-state index in [1.807, 2.05) is 45.9 Å². The standard InChI is InChI=1S/C14H17N3O2/c1-9-5-6-10(12-17-15-8-19-12)7-11(9)16-13(18)14(2,3)4/h5-8H,1-4H3,(H,16,18). The lowest BCUT2D eigenvalue weighted by Crippen LogP contribution is -2.27. The number of aromatic nitrogens is 2. The van der Waals surface area contributed by atoms with Crippen LogP contribution in [0.15, 0.2) is 29.0 Å². The number of hydrogen-bond donors (Lipinski definition) is 1. The number of nitrogens with one attached hydrogen (secondary N) is 1. The molecule has 2 rings (SSSR count). The molecule has 0 fully saturated rings. The molecule has 0 aliphatic carbocycles. The van der Waals surface area contributed by atoms with Crippen molar-refractivity contribution in [3.05, 3.63) is 30.2 Å². The first-order chi connectivity index (χ1) is 8.88. The Morgan fingerprint density at radius 3 is 2.63 bits per heavy atom. The molecular formula is C14H17N3O2. The summed E-state index contributed by atoms with van der Waals surface area (Å²) in [6.07, 6.45) is 1.28. The predicted octanol–water partition coefficient (Wildman–Crippen LogP) is 3.03. The SMILES string of the molecule is Cc1ccc(-c2nnco2)cc1NC(=O)C(C)(C)C. The van der Waals surface area contributed by atoms with Crippen LogP contribution in [0.3, 0.4) is 0 Å². The Bertz CT molecular complexity index is 583. The van der Waals surface area contributed by atoms with Crippen LogP contribution in [-0.2, 0) is 4.79 Å². The van der Waals surface area contributed by atoms with E-state index in [4.69, 9.17) is 4.42 Å². The van der Waals surface area contributed by atoms with Crippen LogP contribution in [-0.4, -0.2) is 16.1 Å². The Kier molecular flexibility index (Phi) is 3.38. The fraction of sp³-hybridized carbons (Fsp3) is 0.357. The number of hydrogen-bond acceptors (Lipinski definition) is 4. The van der Waals surface area contributed by atoms with Crippen LogP contribution in [0.5, 0.6) is 0 Å². The number of carbonyl (C=O) groups excluding carboxylic acids is 1. The first-order valence-electron chi connectivity index (χ1n) is 6.06. The lowest BCUT2D eigenvalue weighted by atomic mass is 9.95. The molecule has 0 aliphatic heterocycles. The second-order valence-corrected chi connectivity index (χ2v) is 5.48. The third-order valence-electron chi connectivity index (χ3n) is 2.77. The molecule has 0 aliphatic rings. The Labute approximate surface area is 112 Å². The molecule has 1 N–H and O–H groups in total. The van der Waals surface area contributed by atoms with Gasteiger partial charge in [-0.2, -0.15) is 0 Å². The van der Waals surface area contributed by atoms with Crippen molar-refractivity contribution in [3.8, 4) is 11.5 Å². The number of rotatable bonds is 2. The molecule has 1 aromatic heterocycles. The summed E-state index contributed by atoms with van der Waals surface area (Å²) in [4.78, 5) is 12.0. The summed E-state index contributed by atoms with van der Waals surface area (Å²) in [5.41, 5.74) is 2.09. The molecule has 100 valence electrons. The van der Waals surface area contributed by atoms with Crippen LogP contribution in [0.1, 0.15) is 26.3 Å². The van der Waals surface area contributed by atoms with Gasteiger partial charge in [-0.3, -0.25) is 4.79 Å². The van der Waals surface area contributed by atoms with E-state index in [0.29, 0.717) is 5.89 Å². The molecule has 0 radical (unpaired) electrons. The average molecular weight is 259 g/mol. The van der Waals surface area contributed by atoms with Crippen molar-refractivity contribution in [3.63, 3.8) is 0 Å². The highest BCUT2D eigenvalue weighted by molar-refractivity contribution is 5.95. The van der Waals surface area contributed by atoms with E-state index in [9.17, 15) is 4.79 Å². The number of anilines is 1. The minimum Gasteiger partial charge on any atom is -0.423 e.